The first-order valence-corrected chi connectivity index (χ1v) is 8.69. The van der Waals surface area contributed by atoms with Crippen LogP contribution in [-0.2, 0) is 4.74 Å². The molecule has 0 bridgehead atoms. The quantitative estimate of drug-likeness (QED) is 0.666. The van der Waals surface area contributed by atoms with Gasteiger partial charge in [-0.2, -0.15) is 5.10 Å². The van der Waals surface area contributed by atoms with Gasteiger partial charge in [0.05, 0.1) is 22.6 Å². The number of nitrogens with zero attached hydrogens (tertiary/aromatic N) is 4. The summed E-state index contributed by atoms with van der Waals surface area (Å²) in [6.07, 6.45) is 7.62. The average molecular weight is 375 g/mol. The zero-order valence-electron chi connectivity index (χ0n) is 13.8. The summed E-state index contributed by atoms with van der Waals surface area (Å²) < 4.78 is 26.9. The Morgan fingerprint density at radius 2 is 2.12 bits per heavy atom. The molecule has 1 fully saturated rings. The lowest BCUT2D eigenvalue weighted by Gasteiger charge is -2.24. The van der Waals surface area contributed by atoms with Crippen LogP contribution >= 0.6 is 11.6 Å². The van der Waals surface area contributed by atoms with Gasteiger partial charge < -0.3 is 9.47 Å². The molecule has 1 aliphatic heterocycles. The Bertz CT molecular complexity index is 894. The van der Waals surface area contributed by atoms with Crippen LogP contribution in [0.3, 0.4) is 0 Å². The summed E-state index contributed by atoms with van der Waals surface area (Å²) in [7, 11) is 0. The molecule has 26 heavy (non-hydrogen) atoms. The van der Waals surface area contributed by atoms with Crippen molar-refractivity contribution in [2.45, 2.75) is 25.5 Å². The van der Waals surface area contributed by atoms with E-state index in [0.29, 0.717) is 5.75 Å². The lowest BCUT2D eigenvalue weighted by molar-refractivity contribution is -0.0384. The van der Waals surface area contributed by atoms with Crippen molar-refractivity contribution in [2.75, 3.05) is 6.61 Å². The summed E-state index contributed by atoms with van der Waals surface area (Å²) in [6.45, 7) is 0.740. The second kappa shape index (κ2) is 7.39. The highest BCUT2D eigenvalue weighted by Gasteiger charge is 2.20. The minimum Gasteiger partial charge on any atom is -0.435 e. The van der Waals surface area contributed by atoms with Crippen molar-refractivity contribution >= 4 is 11.6 Å². The number of rotatable bonds is 4. The summed E-state index contributed by atoms with van der Waals surface area (Å²) >= 11 is 5.69. The third kappa shape index (κ3) is 3.54. The standard InChI is InChI=1S/C18H16ClFN4O2/c19-12-9-14(20)18(22-10-12)26-13-4-5-15(21-11-13)16-6-7-23-24(16)17-3-1-2-8-25-17/h4-7,9-11,17H,1-3,8H2. The van der Waals surface area contributed by atoms with Gasteiger partial charge in [-0.3, -0.25) is 4.98 Å². The Kier molecular flexibility index (Phi) is 4.81. The number of hydrogen-bond donors (Lipinski definition) is 0. The third-order valence-corrected chi connectivity index (χ3v) is 4.29. The van der Waals surface area contributed by atoms with Crippen LogP contribution in [0, 0.1) is 5.82 Å². The minimum atomic E-state index is -0.630. The second-order valence-electron chi connectivity index (χ2n) is 5.90. The zero-order valence-corrected chi connectivity index (χ0v) is 14.6. The van der Waals surface area contributed by atoms with Crippen molar-refractivity contribution in [3.05, 3.63) is 53.7 Å². The average Bonchev–Trinajstić information content (AvgIpc) is 3.15. The van der Waals surface area contributed by atoms with Gasteiger partial charge in [0, 0.05) is 19.0 Å². The van der Waals surface area contributed by atoms with E-state index >= 15 is 0 Å². The number of pyridine rings is 2. The van der Waals surface area contributed by atoms with Gasteiger partial charge in [-0.15, -0.1) is 0 Å². The Morgan fingerprint density at radius 1 is 1.19 bits per heavy atom. The first-order chi connectivity index (χ1) is 12.7. The molecule has 0 aliphatic carbocycles. The van der Waals surface area contributed by atoms with E-state index in [1.807, 2.05) is 10.7 Å². The van der Waals surface area contributed by atoms with E-state index in [2.05, 4.69) is 15.1 Å². The molecule has 0 N–H and O–H groups in total. The van der Waals surface area contributed by atoms with Crippen LogP contribution < -0.4 is 4.74 Å². The Labute approximate surface area is 154 Å². The summed E-state index contributed by atoms with van der Waals surface area (Å²) in [6, 6.07) is 6.53. The van der Waals surface area contributed by atoms with E-state index in [9.17, 15) is 4.39 Å². The second-order valence-corrected chi connectivity index (χ2v) is 6.34. The van der Waals surface area contributed by atoms with Gasteiger partial charge in [-0.1, -0.05) is 11.6 Å². The maximum Gasteiger partial charge on any atom is 0.256 e. The molecular formula is C18H16ClFN4O2. The van der Waals surface area contributed by atoms with Crippen LogP contribution in [0.5, 0.6) is 11.6 Å². The molecule has 0 amide bonds. The predicted octanol–water partition coefficient (Wildman–Crippen LogP) is 4.62. The Balaban J connectivity index is 1.54. The summed E-state index contributed by atoms with van der Waals surface area (Å²) in [4.78, 5) is 8.24. The van der Waals surface area contributed by atoms with Gasteiger partial charge >= 0.3 is 0 Å². The smallest absolute Gasteiger partial charge is 0.256 e. The van der Waals surface area contributed by atoms with Gasteiger partial charge in [0.1, 0.15) is 5.75 Å². The largest absolute Gasteiger partial charge is 0.435 e. The molecule has 1 unspecified atom stereocenters. The molecule has 3 aromatic heterocycles. The van der Waals surface area contributed by atoms with E-state index in [-0.39, 0.29) is 17.1 Å². The molecule has 0 saturated carbocycles. The van der Waals surface area contributed by atoms with Gasteiger partial charge in [0.15, 0.2) is 12.0 Å². The Morgan fingerprint density at radius 3 is 2.85 bits per heavy atom. The molecule has 3 aromatic rings. The number of aromatic nitrogens is 4. The fraction of sp³-hybridized carbons (Fsp3) is 0.278. The van der Waals surface area contributed by atoms with Crippen LogP contribution in [0.25, 0.3) is 11.4 Å². The molecule has 1 saturated heterocycles. The predicted molar refractivity (Wildman–Crippen MR) is 93.6 cm³/mol. The monoisotopic (exact) mass is 374 g/mol. The third-order valence-electron chi connectivity index (χ3n) is 4.09. The molecule has 0 spiro atoms. The van der Waals surface area contributed by atoms with E-state index in [1.165, 1.54) is 12.4 Å². The lowest BCUT2D eigenvalue weighted by atomic mass is 10.2. The number of hydrogen-bond acceptors (Lipinski definition) is 5. The fourth-order valence-electron chi connectivity index (χ4n) is 2.84. The van der Waals surface area contributed by atoms with E-state index in [0.717, 1.165) is 43.3 Å². The van der Waals surface area contributed by atoms with Crippen molar-refractivity contribution in [1.29, 1.82) is 0 Å². The SMILES string of the molecule is Fc1cc(Cl)cnc1Oc1ccc(-c2ccnn2C2CCCCO2)nc1. The van der Waals surface area contributed by atoms with E-state index in [1.54, 1.807) is 18.3 Å². The molecule has 1 aliphatic rings. The van der Waals surface area contributed by atoms with Crippen molar-refractivity contribution in [3.63, 3.8) is 0 Å². The molecular weight excluding hydrogens is 359 g/mol. The first-order valence-electron chi connectivity index (χ1n) is 8.31. The van der Waals surface area contributed by atoms with Crippen molar-refractivity contribution < 1.29 is 13.9 Å². The molecule has 8 heteroatoms. The summed E-state index contributed by atoms with van der Waals surface area (Å²) in [5.74, 6) is -0.402. The van der Waals surface area contributed by atoms with Crippen molar-refractivity contribution in [3.8, 4) is 23.0 Å². The highest BCUT2D eigenvalue weighted by atomic mass is 35.5. The van der Waals surface area contributed by atoms with E-state index in [4.69, 9.17) is 21.1 Å². The molecule has 134 valence electrons. The van der Waals surface area contributed by atoms with E-state index < -0.39 is 5.82 Å². The normalized spacial score (nSPS) is 17.2. The highest BCUT2D eigenvalue weighted by molar-refractivity contribution is 6.30. The molecule has 6 nitrogen and oxygen atoms in total. The molecule has 4 heterocycles. The van der Waals surface area contributed by atoms with Gasteiger partial charge in [0.2, 0.25) is 0 Å². The minimum absolute atomic E-state index is 0.0705. The topological polar surface area (TPSA) is 62.1 Å². The maximum absolute atomic E-state index is 13.8. The highest BCUT2D eigenvalue weighted by Crippen LogP contribution is 2.29. The summed E-state index contributed by atoms with van der Waals surface area (Å²) in [5.41, 5.74) is 1.59. The molecule has 0 aromatic carbocycles. The van der Waals surface area contributed by atoms with Crippen LogP contribution in [0.1, 0.15) is 25.5 Å². The zero-order chi connectivity index (χ0) is 17.9. The maximum atomic E-state index is 13.8. The number of halogens is 2. The van der Waals surface area contributed by atoms with Crippen LogP contribution in [0.15, 0.2) is 42.9 Å². The van der Waals surface area contributed by atoms with Crippen LogP contribution in [-0.4, -0.2) is 26.4 Å². The van der Waals surface area contributed by atoms with Crippen molar-refractivity contribution in [2.24, 2.45) is 0 Å². The Hall–Kier alpha value is -2.51. The van der Waals surface area contributed by atoms with Crippen LogP contribution in [0.2, 0.25) is 5.02 Å². The number of ether oxygens (including phenoxy) is 2. The molecule has 1 atom stereocenters. The summed E-state index contributed by atoms with van der Waals surface area (Å²) in [5, 5.41) is 4.58. The molecule has 0 radical (unpaired) electrons. The van der Waals surface area contributed by atoms with Gasteiger partial charge in [-0.05, 0) is 43.5 Å². The van der Waals surface area contributed by atoms with Crippen LogP contribution in [0.4, 0.5) is 4.39 Å². The fourth-order valence-corrected chi connectivity index (χ4v) is 2.99. The lowest BCUT2D eigenvalue weighted by Crippen LogP contribution is -2.20. The first kappa shape index (κ1) is 16.9. The van der Waals surface area contributed by atoms with Crippen molar-refractivity contribution in [1.82, 2.24) is 19.7 Å². The molecule has 4 rings (SSSR count). The van der Waals surface area contributed by atoms with Gasteiger partial charge in [-0.25, -0.2) is 14.1 Å². The van der Waals surface area contributed by atoms with Gasteiger partial charge in [0.25, 0.3) is 5.88 Å².